The van der Waals surface area contributed by atoms with Gasteiger partial charge < -0.3 is 4.90 Å². The molecule has 1 saturated heterocycles. The number of nitrogens with zero attached hydrogens (tertiary/aromatic N) is 4. The van der Waals surface area contributed by atoms with Gasteiger partial charge in [0, 0.05) is 32.4 Å². The molecule has 0 radical (unpaired) electrons. The average molecular weight is 280 g/mol. The number of anilines is 1. The van der Waals surface area contributed by atoms with E-state index in [1.807, 2.05) is 11.0 Å². The van der Waals surface area contributed by atoms with Crippen LogP contribution >= 0.6 is 0 Å². The fourth-order valence-corrected chi connectivity index (χ4v) is 2.97. The number of rotatable bonds is 2. The van der Waals surface area contributed by atoms with Gasteiger partial charge in [-0.25, -0.2) is 17.7 Å². The van der Waals surface area contributed by atoms with Gasteiger partial charge in [-0.1, -0.05) is 0 Å². The van der Waals surface area contributed by atoms with Crippen LogP contribution in [-0.4, -0.2) is 50.1 Å². The third-order valence-electron chi connectivity index (χ3n) is 3.12. The van der Waals surface area contributed by atoms with Crippen molar-refractivity contribution in [1.82, 2.24) is 9.29 Å². The summed E-state index contributed by atoms with van der Waals surface area (Å²) in [6.45, 7) is 2.41. The third kappa shape index (κ3) is 3.43. The molecule has 0 N–H and O–H groups in total. The molecule has 1 aliphatic heterocycles. The van der Waals surface area contributed by atoms with Crippen LogP contribution in [0.2, 0.25) is 0 Å². The minimum atomic E-state index is -3.12. The SMILES string of the molecule is CS(=O)(=O)N1CCCN(c2ccc(C#N)cn2)CC1. The van der Waals surface area contributed by atoms with Gasteiger partial charge in [0.05, 0.1) is 11.8 Å². The minimum absolute atomic E-state index is 0.473. The smallest absolute Gasteiger partial charge is 0.211 e. The van der Waals surface area contributed by atoms with Crippen LogP contribution in [0.25, 0.3) is 0 Å². The summed E-state index contributed by atoms with van der Waals surface area (Å²) in [5.74, 6) is 0.786. The highest BCUT2D eigenvalue weighted by molar-refractivity contribution is 7.88. The lowest BCUT2D eigenvalue weighted by Gasteiger charge is -2.21. The van der Waals surface area contributed by atoms with Crippen molar-refractivity contribution < 1.29 is 8.42 Å². The van der Waals surface area contributed by atoms with Crippen LogP contribution in [0.15, 0.2) is 18.3 Å². The van der Waals surface area contributed by atoms with Gasteiger partial charge in [-0.05, 0) is 18.6 Å². The number of sulfonamides is 1. The number of pyridine rings is 1. The van der Waals surface area contributed by atoms with E-state index < -0.39 is 10.0 Å². The molecule has 0 aliphatic carbocycles. The van der Waals surface area contributed by atoms with Gasteiger partial charge in [0.25, 0.3) is 0 Å². The molecule has 0 bridgehead atoms. The molecule has 19 heavy (non-hydrogen) atoms. The van der Waals surface area contributed by atoms with E-state index in [4.69, 9.17) is 5.26 Å². The Bertz CT molecular complexity index is 577. The molecule has 1 aromatic rings. The van der Waals surface area contributed by atoms with Crippen LogP contribution in [0.1, 0.15) is 12.0 Å². The largest absolute Gasteiger partial charge is 0.355 e. The lowest BCUT2D eigenvalue weighted by Crippen LogP contribution is -2.34. The lowest BCUT2D eigenvalue weighted by molar-refractivity contribution is 0.437. The standard InChI is InChI=1S/C12H16N4O2S/c1-19(17,18)16-6-2-5-15(7-8-16)12-4-3-11(9-13)10-14-12/h3-4,10H,2,5-8H2,1H3. The molecule has 0 unspecified atom stereocenters. The topological polar surface area (TPSA) is 77.3 Å². The quantitative estimate of drug-likeness (QED) is 0.785. The molecule has 6 nitrogen and oxygen atoms in total. The first-order chi connectivity index (χ1) is 9.00. The second kappa shape index (κ2) is 5.55. The first-order valence-electron chi connectivity index (χ1n) is 6.07. The van der Waals surface area contributed by atoms with Crippen molar-refractivity contribution in [2.45, 2.75) is 6.42 Å². The molecule has 0 aromatic carbocycles. The van der Waals surface area contributed by atoms with Gasteiger partial charge in [-0.3, -0.25) is 0 Å². The van der Waals surface area contributed by atoms with Crippen LogP contribution in [0.4, 0.5) is 5.82 Å². The molecular formula is C12H16N4O2S. The monoisotopic (exact) mass is 280 g/mol. The Kier molecular flexibility index (Phi) is 4.02. The van der Waals surface area contributed by atoms with Crippen molar-refractivity contribution >= 4 is 15.8 Å². The number of aromatic nitrogens is 1. The minimum Gasteiger partial charge on any atom is -0.355 e. The van der Waals surface area contributed by atoms with Gasteiger partial charge >= 0.3 is 0 Å². The van der Waals surface area contributed by atoms with Crippen molar-refractivity contribution in [1.29, 1.82) is 5.26 Å². The van der Waals surface area contributed by atoms with E-state index in [-0.39, 0.29) is 0 Å². The van der Waals surface area contributed by atoms with E-state index in [0.717, 1.165) is 18.8 Å². The maximum Gasteiger partial charge on any atom is 0.211 e. The zero-order valence-corrected chi connectivity index (χ0v) is 11.6. The highest BCUT2D eigenvalue weighted by Crippen LogP contribution is 2.15. The summed E-state index contributed by atoms with van der Waals surface area (Å²) in [7, 11) is -3.12. The highest BCUT2D eigenvalue weighted by atomic mass is 32.2. The molecule has 1 fully saturated rings. The molecule has 0 amide bonds. The van der Waals surface area contributed by atoms with Crippen LogP contribution < -0.4 is 4.90 Å². The molecule has 2 heterocycles. The maximum absolute atomic E-state index is 11.5. The normalized spacial score (nSPS) is 17.8. The predicted molar refractivity (Wildman–Crippen MR) is 72.2 cm³/mol. The van der Waals surface area contributed by atoms with E-state index in [0.29, 0.717) is 25.2 Å². The van der Waals surface area contributed by atoms with E-state index in [9.17, 15) is 8.42 Å². The van der Waals surface area contributed by atoms with Crippen molar-refractivity contribution in [2.75, 3.05) is 37.3 Å². The van der Waals surface area contributed by atoms with Gasteiger partial charge in [-0.2, -0.15) is 5.26 Å². The van der Waals surface area contributed by atoms with E-state index in [1.165, 1.54) is 16.8 Å². The molecular weight excluding hydrogens is 264 g/mol. The average Bonchev–Trinajstić information content (AvgIpc) is 2.64. The fraction of sp³-hybridized carbons (Fsp3) is 0.500. The molecule has 2 rings (SSSR count). The summed E-state index contributed by atoms with van der Waals surface area (Å²) < 4.78 is 24.5. The molecule has 7 heteroatoms. The number of hydrogen-bond acceptors (Lipinski definition) is 5. The Hall–Kier alpha value is -1.65. The van der Waals surface area contributed by atoms with Crippen molar-refractivity contribution in [3.05, 3.63) is 23.9 Å². The van der Waals surface area contributed by atoms with Crippen LogP contribution in [0.3, 0.4) is 0 Å². The summed E-state index contributed by atoms with van der Waals surface area (Å²) in [4.78, 5) is 6.29. The van der Waals surface area contributed by atoms with Gasteiger partial charge in [-0.15, -0.1) is 0 Å². The predicted octanol–water partition coefficient (Wildman–Crippen LogP) is 0.425. The molecule has 1 aliphatic rings. The van der Waals surface area contributed by atoms with Gasteiger partial charge in [0.2, 0.25) is 10.0 Å². The zero-order chi connectivity index (χ0) is 13.9. The van der Waals surface area contributed by atoms with Crippen LogP contribution in [0.5, 0.6) is 0 Å². The second-order valence-electron chi connectivity index (χ2n) is 4.52. The summed E-state index contributed by atoms with van der Waals surface area (Å²) in [5.41, 5.74) is 0.524. The second-order valence-corrected chi connectivity index (χ2v) is 6.50. The molecule has 0 saturated carbocycles. The number of nitriles is 1. The Morgan fingerprint density at radius 1 is 1.26 bits per heavy atom. The van der Waals surface area contributed by atoms with Crippen LogP contribution in [0, 0.1) is 11.3 Å². The molecule has 1 aromatic heterocycles. The summed E-state index contributed by atoms with van der Waals surface area (Å²) in [6, 6.07) is 5.55. The molecule has 0 spiro atoms. The Morgan fingerprint density at radius 3 is 2.63 bits per heavy atom. The van der Waals surface area contributed by atoms with Crippen molar-refractivity contribution in [3.63, 3.8) is 0 Å². The lowest BCUT2D eigenvalue weighted by atomic mass is 10.3. The summed E-state index contributed by atoms with van der Waals surface area (Å²) in [5, 5.41) is 8.73. The molecule has 0 atom stereocenters. The Balaban J connectivity index is 2.08. The van der Waals surface area contributed by atoms with Gasteiger partial charge in [0.1, 0.15) is 11.9 Å². The Morgan fingerprint density at radius 2 is 2.05 bits per heavy atom. The van der Waals surface area contributed by atoms with E-state index in [1.54, 1.807) is 12.1 Å². The Labute approximate surface area is 113 Å². The molecule has 102 valence electrons. The van der Waals surface area contributed by atoms with Crippen LogP contribution in [-0.2, 0) is 10.0 Å². The van der Waals surface area contributed by atoms with Gasteiger partial charge in [0.15, 0.2) is 0 Å². The first kappa shape index (κ1) is 13.8. The number of hydrogen-bond donors (Lipinski definition) is 0. The fourth-order valence-electron chi connectivity index (χ4n) is 2.09. The van der Waals surface area contributed by atoms with Crippen molar-refractivity contribution in [2.24, 2.45) is 0 Å². The third-order valence-corrected chi connectivity index (χ3v) is 4.43. The first-order valence-corrected chi connectivity index (χ1v) is 7.92. The highest BCUT2D eigenvalue weighted by Gasteiger charge is 2.21. The van der Waals surface area contributed by atoms with E-state index >= 15 is 0 Å². The zero-order valence-electron chi connectivity index (χ0n) is 10.8. The maximum atomic E-state index is 11.5. The summed E-state index contributed by atoms with van der Waals surface area (Å²) in [6.07, 6.45) is 3.55. The van der Waals surface area contributed by atoms with Crippen molar-refractivity contribution in [3.8, 4) is 6.07 Å². The summed E-state index contributed by atoms with van der Waals surface area (Å²) >= 11 is 0. The van der Waals surface area contributed by atoms with E-state index in [2.05, 4.69) is 4.98 Å².